The first-order chi connectivity index (χ1) is 12.3. The van der Waals surface area contributed by atoms with Gasteiger partial charge in [0.2, 0.25) is 5.91 Å². The van der Waals surface area contributed by atoms with Gasteiger partial charge in [-0.2, -0.15) is 0 Å². The third kappa shape index (κ3) is 6.28. The van der Waals surface area contributed by atoms with Gasteiger partial charge in [0.05, 0.1) is 12.3 Å². The zero-order valence-electron chi connectivity index (χ0n) is 15.9. The zero-order valence-corrected chi connectivity index (χ0v) is 15.9. The fourth-order valence-corrected chi connectivity index (χ4v) is 3.47. The second kappa shape index (κ2) is 8.97. The molecule has 1 aromatic carbocycles. The Bertz CT molecular complexity index is 625. The molecule has 2 rings (SSSR count). The molecule has 1 aliphatic rings. The number of benzene rings is 1. The van der Waals surface area contributed by atoms with Crippen LogP contribution in [0.1, 0.15) is 52.0 Å². The molecule has 5 nitrogen and oxygen atoms in total. The second-order valence-corrected chi connectivity index (χ2v) is 8.16. The molecule has 1 fully saturated rings. The van der Waals surface area contributed by atoms with E-state index in [0.29, 0.717) is 5.92 Å². The van der Waals surface area contributed by atoms with E-state index in [1.54, 1.807) is 0 Å². The Hall–Kier alpha value is -2.17. The number of imide groups is 1. The van der Waals surface area contributed by atoms with E-state index >= 15 is 0 Å². The number of esters is 1. The molecule has 0 radical (unpaired) electrons. The highest BCUT2D eigenvalue weighted by molar-refractivity contribution is 5.97. The predicted octanol–water partition coefficient (Wildman–Crippen LogP) is 3.27. The van der Waals surface area contributed by atoms with Gasteiger partial charge in [-0.05, 0) is 42.6 Å². The fourth-order valence-electron chi connectivity index (χ4n) is 3.47. The minimum Gasteiger partial charge on any atom is -0.455 e. The van der Waals surface area contributed by atoms with E-state index in [1.165, 1.54) is 0 Å². The predicted molar refractivity (Wildman–Crippen MR) is 99.2 cm³/mol. The molecule has 5 heteroatoms. The van der Waals surface area contributed by atoms with Gasteiger partial charge in [0.1, 0.15) is 0 Å². The average molecular weight is 359 g/mol. The summed E-state index contributed by atoms with van der Waals surface area (Å²) in [5.41, 5.74) is 1.08. The Labute approximate surface area is 155 Å². The van der Waals surface area contributed by atoms with Crippen LogP contribution in [0.15, 0.2) is 30.3 Å². The molecule has 0 aromatic heterocycles. The summed E-state index contributed by atoms with van der Waals surface area (Å²) in [5, 5.41) is 2.26. The molecule has 0 unspecified atom stereocenters. The lowest BCUT2D eigenvalue weighted by Crippen LogP contribution is -2.36. The number of ether oxygens (including phenoxy) is 1. The molecule has 142 valence electrons. The molecule has 0 aliphatic heterocycles. The van der Waals surface area contributed by atoms with Crippen molar-refractivity contribution in [2.45, 2.75) is 52.9 Å². The van der Waals surface area contributed by atoms with Crippen LogP contribution in [-0.4, -0.2) is 24.4 Å². The van der Waals surface area contributed by atoms with Crippen LogP contribution in [0.2, 0.25) is 0 Å². The first-order valence-electron chi connectivity index (χ1n) is 9.29. The highest BCUT2D eigenvalue weighted by atomic mass is 16.5. The molecule has 1 aromatic rings. The van der Waals surface area contributed by atoms with Crippen LogP contribution in [-0.2, 0) is 25.5 Å². The van der Waals surface area contributed by atoms with Gasteiger partial charge in [0, 0.05) is 0 Å². The number of hydrogen-bond donors (Lipinski definition) is 1. The molecule has 1 aliphatic carbocycles. The summed E-state index contributed by atoms with van der Waals surface area (Å²) in [5.74, 6) is -0.833. The number of carbonyl (C=O) groups is 3. The van der Waals surface area contributed by atoms with E-state index in [4.69, 9.17) is 4.74 Å². The number of nitrogens with one attached hydrogen (secondary N) is 1. The first kappa shape index (κ1) is 20.1. The summed E-state index contributed by atoms with van der Waals surface area (Å²) in [6.45, 7) is 6.28. The Morgan fingerprint density at radius 2 is 1.62 bits per heavy atom. The largest absolute Gasteiger partial charge is 0.455 e. The zero-order chi connectivity index (χ0) is 19.2. The SMILES string of the molecule is CC(C)(C)C1CCC(C(=O)OCC(=O)NC(=O)Cc2ccccc2)CC1. The van der Waals surface area contributed by atoms with Crippen molar-refractivity contribution in [1.29, 1.82) is 0 Å². The van der Waals surface area contributed by atoms with Crippen molar-refractivity contribution in [2.75, 3.05) is 6.61 Å². The third-order valence-corrected chi connectivity index (χ3v) is 5.12. The Morgan fingerprint density at radius 3 is 2.19 bits per heavy atom. The van der Waals surface area contributed by atoms with Crippen LogP contribution in [0.5, 0.6) is 0 Å². The second-order valence-electron chi connectivity index (χ2n) is 8.16. The Morgan fingerprint density at radius 1 is 1.00 bits per heavy atom. The normalized spacial score (nSPS) is 20.3. The van der Waals surface area contributed by atoms with Crippen LogP contribution in [0.4, 0.5) is 0 Å². The van der Waals surface area contributed by atoms with Crippen LogP contribution >= 0.6 is 0 Å². The fraction of sp³-hybridized carbons (Fsp3) is 0.571. The lowest BCUT2D eigenvalue weighted by Gasteiger charge is -2.36. The van der Waals surface area contributed by atoms with E-state index in [1.807, 2.05) is 30.3 Å². The number of rotatable bonds is 5. The Kier molecular flexibility index (Phi) is 6.95. The average Bonchev–Trinajstić information content (AvgIpc) is 2.59. The number of hydrogen-bond acceptors (Lipinski definition) is 4. The molecule has 0 atom stereocenters. The van der Waals surface area contributed by atoms with Gasteiger partial charge in [-0.1, -0.05) is 51.1 Å². The van der Waals surface area contributed by atoms with Gasteiger partial charge in [0.15, 0.2) is 6.61 Å². The topological polar surface area (TPSA) is 72.5 Å². The highest BCUT2D eigenvalue weighted by Gasteiger charge is 2.33. The lowest BCUT2D eigenvalue weighted by atomic mass is 9.70. The molecule has 0 saturated heterocycles. The van der Waals surface area contributed by atoms with E-state index < -0.39 is 18.4 Å². The maximum absolute atomic E-state index is 12.1. The standard InChI is InChI=1S/C21H29NO4/c1-21(2,3)17-11-9-16(10-12-17)20(25)26-14-19(24)22-18(23)13-15-7-5-4-6-8-15/h4-8,16-17H,9-14H2,1-3H3,(H,22,23,24). The van der Waals surface area contributed by atoms with Crippen molar-refractivity contribution >= 4 is 17.8 Å². The summed E-state index contributed by atoms with van der Waals surface area (Å²) < 4.78 is 5.11. The summed E-state index contributed by atoms with van der Waals surface area (Å²) in [6, 6.07) is 9.16. The summed E-state index contributed by atoms with van der Waals surface area (Å²) in [4.78, 5) is 35.8. The van der Waals surface area contributed by atoms with Gasteiger partial charge in [-0.3, -0.25) is 19.7 Å². The maximum atomic E-state index is 12.1. The molecule has 2 amide bonds. The molecule has 0 spiro atoms. The summed E-state index contributed by atoms with van der Waals surface area (Å²) in [7, 11) is 0. The van der Waals surface area contributed by atoms with Crippen LogP contribution < -0.4 is 5.32 Å². The number of amides is 2. The molecule has 0 heterocycles. The molecular weight excluding hydrogens is 330 g/mol. The molecule has 1 saturated carbocycles. The quantitative estimate of drug-likeness (QED) is 0.819. The van der Waals surface area contributed by atoms with E-state index in [-0.39, 0.29) is 23.7 Å². The van der Waals surface area contributed by atoms with Crippen molar-refractivity contribution in [3.8, 4) is 0 Å². The van der Waals surface area contributed by atoms with E-state index in [2.05, 4.69) is 26.1 Å². The summed E-state index contributed by atoms with van der Waals surface area (Å²) >= 11 is 0. The monoisotopic (exact) mass is 359 g/mol. The third-order valence-electron chi connectivity index (χ3n) is 5.12. The maximum Gasteiger partial charge on any atom is 0.309 e. The van der Waals surface area contributed by atoms with Crippen LogP contribution in [0, 0.1) is 17.3 Å². The van der Waals surface area contributed by atoms with Crippen molar-refractivity contribution < 1.29 is 19.1 Å². The molecule has 26 heavy (non-hydrogen) atoms. The highest BCUT2D eigenvalue weighted by Crippen LogP contribution is 2.40. The van der Waals surface area contributed by atoms with Crippen molar-refractivity contribution in [3.63, 3.8) is 0 Å². The van der Waals surface area contributed by atoms with Gasteiger partial charge in [-0.25, -0.2) is 0 Å². The minimum atomic E-state index is -0.581. The van der Waals surface area contributed by atoms with E-state index in [0.717, 1.165) is 31.2 Å². The van der Waals surface area contributed by atoms with Crippen molar-refractivity contribution in [3.05, 3.63) is 35.9 Å². The first-order valence-corrected chi connectivity index (χ1v) is 9.29. The van der Waals surface area contributed by atoms with Crippen molar-refractivity contribution in [1.82, 2.24) is 5.32 Å². The summed E-state index contributed by atoms with van der Waals surface area (Å²) in [6.07, 6.45) is 3.73. The molecule has 0 bridgehead atoms. The van der Waals surface area contributed by atoms with Crippen molar-refractivity contribution in [2.24, 2.45) is 17.3 Å². The lowest BCUT2D eigenvalue weighted by molar-refractivity contribution is -0.154. The van der Waals surface area contributed by atoms with Crippen LogP contribution in [0.25, 0.3) is 0 Å². The van der Waals surface area contributed by atoms with Gasteiger partial charge in [-0.15, -0.1) is 0 Å². The molecular formula is C21H29NO4. The minimum absolute atomic E-state index is 0.122. The van der Waals surface area contributed by atoms with Gasteiger partial charge < -0.3 is 4.74 Å². The Balaban J connectivity index is 1.69. The number of carbonyl (C=O) groups excluding carboxylic acids is 3. The van der Waals surface area contributed by atoms with Crippen LogP contribution in [0.3, 0.4) is 0 Å². The van der Waals surface area contributed by atoms with E-state index in [9.17, 15) is 14.4 Å². The molecule has 1 N–H and O–H groups in total. The van der Waals surface area contributed by atoms with Gasteiger partial charge >= 0.3 is 5.97 Å². The smallest absolute Gasteiger partial charge is 0.309 e. The van der Waals surface area contributed by atoms with Gasteiger partial charge in [0.25, 0.3) is 5.91 Å².